The standard InChI is InChI=1S/C23H23N5O4/c1-3-32-20-12-14(6-9-18(20)29)22-21-17(24-23-25-26-27-28(22)23)10-15(11-19(21)30)13-4-7-16(31-2)8-5-13/h4-9,12,15,22,29H,3,10-11H2,1-2H3,(H,24,25,27)/t15-,22+/m1/s1. The summed E-state index contributed by atoms with van der Waals surface area (Å²) in [5, 5.41) is 25.4. The number of ether oxygens (including phenoxy) is 2. The van der Waals surface area contributed by atoms with Gasteiger partial charge in [-0.1, -0.05) is 23.3 Å². The molecule has 2 N–H and O–H groups in total. The number of rotatable bonds is 5. The van der Waals surface area contributed by atoms with E-state index in [0.29, 0.717) is 36.7 Å². The van der Waals surface area contributed by atoms with Gasteiger partial charge in [0.15, 0.2) is 17.3 Å². The molecule has 0 bridgehead atoms. The average molecular weight is 433 g/mol. The van der Waals surface area contributed by atoms with Crippen LogP contribution in [-0.4, -0.2) is 44.8 Å². The zero-order chi connectivity index (χ0) is 22.2. The van der Waals surface area contributed by atoms with Crippen molar-refractivity contribution in [3.05, 3.63) is 64.9 Å². The Bertz CT molecular complexity index is 1200. The molecule has 2 heterocycles. The number of carbonyl (C=O) groups excluding carboxylic acids is 1. The molecule has 0 saturated heterocycles. The number of phenolic OH excluding ortho intramolecular Hbond substituents is 1. The Hall–Kier alpha value is -3.88. The van der Waals surface area contributed by atoms with E-state index in [1.165, 1.54) is 0 Å². The number of nitrogens with one attached hydrogen (secondary N) is 1. The topological polar surface area (TPSA) is 111 Å². The SMILES string of the molecule is CCOc1cc([C@H]2C3=C(C[C@@H](c4ccc(OC)cc4)CC3=O)Nc3nnnn32)ccc1O. The summed E-state index contributed by atoms with van der Waals surface area (Å²) in [6, 6.07) is 12.4. The molecule has 5 rings (SSSR count). The molecule has 0 saturated carbocycles. The van der Waals surface area contributed by atoms with E-state index >= 15 is 0 Å². The minimum absolute atomic E-state index is 0.0387. The summed E-state index contributed by atoms with van der Waals surface area (Å²) in [6.45, 7) is 2.26. The van der Waals surface area contributed by atoms with Crippen LogP contribution in [0.3, 0.4) is 0 Å². The first kappa shape index (κ1) is 20.0. The molecule has 2 atom stereocenters. The third kappa shape index (κ3) is 3.35. The van der Waals surface area contributed by atoms with Crippen molar-refractivity contribution in [1.82, 2.24) is 20.2 Å². The molecule has 2 aromatic carbocycles. The molecule has 0 radical (unpaired) electrons. The van der Waals surface area contributed by atoms with Gasteiger partial charge in [0.2, 0.25) is 5.95 Å². The van der Waals surface area contributed by atoms with Crippen molar-refractivity contribution in [3.63, 3.8) is 0 Å². The van der Waals surface area contributed by atoms with E-state index in [1.54, 1.807) is 30.0 Å². The van der Waals surface area contributed by atoms with E-state index in [2.05, 4.69) is 20.8 Å². The molecule has 1 aliphatic heterocycles. The van der Waals surface area contributed by atoms with Gasteiger partial charge in [-0.3, -0.25) is 4.79 Å². The highest BCUT2D eigenvalue weighted by molar-refractivity contribution is 6.00. The highest BCUT2D eigenvalue weighted by Crippen LogP contribution is 2.44. The summed E-state index contributed by atoms with van der Waals surface area (Å²) in [6.07, 6.45) is 1.05. The number of benzene rings is 2. The first-order valence-electron chi connectivity index (χ1n) is 10.5. The highest BCUT2D eigenvalue weighted by Gasteiger charge is 2.39. The number of methoxy groups -OCH3 is 1. The van der Waals surface area contributed by atoms with Crippen LogP contribution in [0.5, 0.6) is 17.2 Å². The summed E-state index contributed by atoms with van der Waals surface area (Å²) in [7, 11) is 1.63. The van der Waals surface area contributed by atoms with Gasteiger partial charge < -0.3 is 19.9 Å². The molecule has 164 valence electrons. The van der Waals surface area contributed by atoms with Crippen molar-refractivity contribution in [2.24, 2.45) is 0 Å². The van der Waals surface area contributed by atoms with E-state index in [1.807, 2.05) is 31.2 Å². The minimum atomic E-state index is -0.500. The molecule has 0 unspecified atom stereocenters. The second-order valence-corrected chi connectivity index (χ2v) is 7.83. The maximum atomic E-state index is 13.4. The molecule has 1 aliphatic carbocycles. The number of aromatic hydroxyl groups is 1. The summed E-state index contributed by atoms with van der Waals surface area (Å²) in [5.41, 5.74) is 3.31. The maximum absolute atomic E-state index is 13.4. The van der Waals surface area contributed by atoms with Crippen LogP contribution >= 0.6 is 0 Å². The van der Waals surface area contributed by atoms with E-state index in [4.69, 9.17) is 9.47 Å². The van der Waals surface area contributed by atoms with Crippen LogP contribution in [0.15, 0.2) is 53.7 Å². The zero-order valence-corrected chi connectivity index (χ0v) is 17.8. The fraction of sp³-hybridized carbons (Fsp3) is 0.304. The summed E-state index contributed by atoms with van der Waals surface area (Å²) >= 11 is 0. The molecule has 0 spiro atoms. The Labute approximate surface area is 184 Å². The Morgan fingerprint density at radius 1 is 1.16 bits per heavy atom. The molecule has 9 heteroatoms. The Balaban J connectivity index is 1.56. The molecular weight excluding hydrogens is 410 g/mol. The van der Waals surface area contributed by atoms with Gasteiger partial charge in [-0.05, 0) is 65.1 Å². The lowest BCUT2D eigenvalue weighted by Gasteiger charge is -2.34. The number of ketones is 1. The van der Waals surface area contributed by atoms with Gasteiger partial charge in [0.05, 0.1) is 13.7 Å². The number of hydrogen-bond donors (Lipinski definition) is 2. The van der Waals surface area contributed by atoms with Crippen LogP contribution in [0.4, 0.5) is 5.95 Å². The summed E-state index contributed by atoms with van der Waals surface area (Å²) < 4.78 is 12.4. The third-order valence-electron chi connectivity index (χ3n) is 5.97. The van der Waals surface area contributed by atoms with E-state index in [-0.39, 0.29) is 17.5 Å². The van der Waals surface area contributed by atoms with E-state index < -0.39 is 6.04 Å². The average Bonchev–Trinajstić information content (AvgIpc) is 3.27. The van der Waals surface area contributed by atoms with Crippen LogP contribution in [-0.2, 0) is 4.79 Å². The fourth-order valence-electron chi connectivity index (χ4n) is 4.47. The van der Waals surface area contributed by atoms with Crippen LogP contribution < -0.4 is 14.8 Å². The number of fused-ring (bicyclic) bond motifs is 1. The second kappa shape index (κ2) is 7.99. The van der Waals surface area contributed by atoms with Gasteiger partial charge in [0.1, 0.15) is 11.8 Å². The van der Waals surface area contributed by atoms with Crippen molar-refractivity contribution < 1.29 is 19.4 Å². The van der Waals surface area contributed by atoms with Gasteiger partial charge in [-0.2, -0.15) is 4.68 Å². The number of aromatic nitrogens is 4. The largest absolute Gasteiger partial charge is 0.504 e. The van der Waals surface area contributed by atoms with Crippen molar-refractivity contribution in [1.29, 1.82) is 0 Å². The zero-order valence-electron chi connectivity index (χ0n) is 17.8. The fourth-order valence-corrected chi connectivity index (χ4v) is 4.47. The molecule has 1 aromatic heterocycles. The monoisotopic (exact) mass is 433 g/mol. The number of phenols is 1. The number of Topliss-reactive ketones (excluding diaryl/α,β-unsaturated/α-hetero) is 1. The van der Waals surface area contributed by atoms with Crippen LogP contribution in [0.25, 0.3) is 0 Å². The van der Waals surface area contributed by atoms with Crippen LogP contribution in [0.2, 0.25) is 0 Å². The molecule has 0 amide bonds. The quantitative estimate of drug-likeness (QED) is 0.631. The first-order chi connectivity index (χ1) is 15.6. The predicted octanol–water partition coefficient (Wildman–Crippen LogP) is 3.20. The number of anilines is 1. The van der Waals surface area contributed by atoms with Crippen LogP contribution in [0.1, 0.15) is 42.9 Å². The first-order valence-corrected chi connectivity index (χ1v) is 10.5. The third-order valence-corrected chi connectivity index (χ3v) is 5.97. The number of nitrogens with zero attached hydrogens (tertiary/aromatic N) is 4. The second-order valence-electron chi connectivity index (χ2n) is 7.83. The summed E-state index contributed by atoms with van der Waals surface area (Å²) in [4.78, 5) is 13.4. The lowest BCUT2D eigenvalue weighted by atomic mass is 9.78. The summed E-state index contributed by atoms with van der Waals surface area (Å²) in [5.74, 6) is 1.74. The molecule has 3 aromatic rings. The van der Waals surface area contributed by atoms with Gasteiger partial charge in [0.25, 0.3) is 0 Å². The van der Waals surface area contributed by atoms with E-state index in [0.717, 1.165) is 22.6 Å². The minimum Gasteiger partial charge on any atom is -0.504 e. The number of allylic oxidation sites excluding steroid dienone is 2. The van der Waals surface area contributed by atoms with Gasteiger partial charge in [-0.15, -0.1) is 0 Å². The molecule has 2 aliphatic rings. The molecule has 32 heavy (non-hydrogen) atoms. The molecule has 9 nitrogen and oxygen atoms in total. The van der Waals surface area contributed by atoms with Gasteiger partial charge in [-0.25, -0.2) is 0 Å². The lowest BCUT2D eigenvalue weighted by molar-refractivity contribution is -0.116. The molecule has 0 fully saturated rings. The Kier molecular flexibility index (Phi) is 5.01. The number of carbonyl (C=O) groups is 1. The molecular formula is C23H23N5O4. The normalized spacial score (nSPS) is 19.8. The van der Waals surface area contributed by atoms with Crippen molar-refractivity contribution in [2.75, 3.05) is 19.0 Å². The Morgan fingerprint density at radius 3 is 2.69 bits per heavy atom. The smallest absolute Gasteiger partial charge is 0.248 e. The van der Waals surface area contributed by atoms with Crippen molar-refractivity contribution >= 4 is 11.7 Å². The van der Waals surface area contributed by atoms with Gasteiger partial charge >= 0.3 is 0 Å². The Morgan fingerprint density at radius 2 is 1.94 bits per heavy atom. The lowest BCUT2D eigenvalue weighted by Crippen LogP contribution is -2.33. The van der Waals surface area contributed by atoms with Crippen molar-refractivity contribution in [2.45, 2.75) is 31.7 Å². The highest BCUT2D eigenvalue weighted by atomic mass is 16.5. The van der Waals surface area contributed by atoms with Crippen molar-refractivity contribution in [3.8, 4) is 17.2 Å². The van der Waals surface area contributed by atoms with Gasteiger partial charge in [0, 0.05) is 17.7 Å². The maximum Gasteiger partial charge on any atom is 0.248 e. The number of hydrogen-bond acceptors (Lipinski definition) is 8. The number of tetrazole rings is 1. The van der Waals surface area contributed by atoms with Crippen LogP contribution in [0, 0.1) is 0 Å². The van der Waals surface area contributed by atoms with E-state index in [9.17, 15) is 9.90 Å². The predicted molar refractivity (Wildman–Crippen MR) is 116 cm³/mol.